The number of hydrogen-bond donors (Lipinski definition) is 3. The van der Waals surface area contributed by atoms with Gasteiger partial charge >= 0.3 is 6.18 Å². The van der Waals surface area contributed by atoms with Crippen molar-refractivity contribution in [2.24, 2.45) is 11.7 Å². The van der Waals surface area contributed by atoms with E-state index >= 15 is 0 Å². The molecule has 1 saturated carbocycles. The Kier molecular flexibility index (Phi) is 8.11. The van der Waals surface area contributed by atoms with Gasteiger partial charge in [-0.25, -0.2) is 4.68 Å². The highest BCUT2D eigenvalue weighted by Gasteiger charge is 2.36. The number of amides is 1. The van der Waals surface area contributed by atoms with Gasteiger partial charge in [-0.05, 0) is 95.2 Å². The van der Waals surface area contributed by atoms with Crippen molar-refractivity contribution in [2.75, 3.05) is 19.0 Å². The van der Waals surface area contributed by atoms with Crippen molar-refractivity contribution >= 4 is 22.4 Å². The minimum Gasteiger partial charge on any atom is -0.497 e. The number of rotatable bonds is 10. The second-order valence-corrected chi connectivity index (χ2v) is 11.0. The molecule has 1 unspecified atom stereocenters. The highest BCUT2D eigenvalue weighted by atomic mass is 19.4. The lowest BCUT2D eigenvalue weighted by Gasteiger charge is -2.21. The van der Waals surface area contributed by atoms with Gasteiger partial charge in [0.1, 0.15) is 11.4 Å². The average molecular weight is 600 g/mol. The van der Waals surface area contributed by atoms with Crippen LogP contribution in [0.1, 0.15) is 51.8 Å². The van der Waals surface area contributed by atoms with Crippen molar-refractivity contribution in [3.63, 3.8) is 0 Å². The van der Waals surface area contributed by atoms with Crippen LogP contribution in [-0.2, 0) is 12.7 Å². The molecule has 10 heteroatoms. The maximum Gasteiger partial charge on any atom is 0.435 e. The van der Waals surface area contributed by atoms with Gasteiger partial charge < -0.3 is 21.1 Å². The summed E-state index contributed by atoms with van der Waals surface area (Å²) in [6.07, 6.45) is -2.35. The smallest absolute Gasteiger partial charge is 0.435 e. The van der Waals surface area contributed by atoms with E-state index in [1.54, 1.807) is 37.4 Å². The molecule has 0 aliphatic heterocycles. The minimum absolute atomic E-state index is 0.166. The zero-order valence-corrected chi connectivity index (χ0v) is 24.1. The Balaban J connectivity index is 1.31. The van der Waals surface area contributed by atoms with Gasteiger partial charge in [0.2, 0.25) is 0 Å². The number of hydrogen-bond acceptors (Lipinski definition) is 5. The molecule has 1 aliphatic rings. The summed E-state index contributed by atoms with van der Waals surface area (Å²) in [5, 5.41) is 12.3. The summed E-state index contributed by atoms with van der Waals surface area (Å²) in [4.78, 5) is 13.5. The first-order valence-corrected chi connectivity index (χ1v) is 14.4. The Bertz CT molecular complexity index is 1810. The molecule has 7 nitrogen and oxygen atoms in total. The van der Waals surface area contributed by atoms with Crippen molar-refractivity contribution in [2.45, 2.75) is 31.6 Å². The molecule has 1 heterocycles. The van der Waals surface area contributed by atoms with Gasteiger partial charge in [0.05, 0.1) is 18.8 Å². The standard InChI is InChI=1S/C34H32F3N5O2/c1-44-29-13-12-23-15-26(11-10-24(23)17-29)32(39-20-21-8-9-21)25-5-3-6-27(16-25)40-33(43)30-18-31(34(35,36)37)41-42(30)28-7-2-4-22(14-28)19-38/h2-7,10-18,21,32,39H,8-9,19-20,38H2,1H3,(H,40,43). The van der Waals surface area contributed by atoms with E-state index in [0.29, 0.717) is 22.9 Å². The second-order valence-electron chi connectivity index (χ2n) is 11.0. The first-order valence-electron chi connectivity index (χ1n) is 14.4. The first kappa shape index (κ1) is 29.4. The van der Waals surface area contributed by atoms with Crippen LogP contribution >= 0.6 is 0 Å². The number of nitrogens with two attached hydrogens (primary N) is 1. The third-order valence-corrected chi connectivity index (χ3v) is 7.81. The van der Waals surface area contributed by atoms with Crippen LogP contribution in [0.2, 0.25) is 0 Å². The molecule has 0 spiro atoms. The predicted molar refractivity (Wildman–Crippen MR) is 164 cm³/mol. The number of alkyl halides is 3. The monoisotopic (exact) mass is 599 g/mol. The van der Waals surface area contributed by atoms with E-state index in [1.807, 2.05) is 36.4 Å². The van der Waals surface area contributed by atoms with Crippen molar-refractivity contribution in [1.29, 1.82) is 0 Å². The van der Waals surface area contributed by atoms with E-state index in [4.69, 9.17) is 10.5 Å². The van der Waals surface area contributed by atoms with Crippen LogP contribution in [0, 0.1) is 5.92 Å². The van der Waals surface area contributed by atoms with Gasteiger partial charge in [-0.3, -0.25) is 4.79 Å². The van der Waals surface area contributed by atoms with Gasteiger partial charge in [-0.1, -0.05) is 42.5 Å². The topological polar surface area (TPSA) is 94.2 Å². The summed E-state index contributed by atoms with van der Waals surface area (Å²) < 4.78 is 47.4. The molecule has 44 heavy (non-hydrogen) atoms. The summed E-state index contributed by atoms with van der Waals surface area (Å²) in [5.74, 6) is 0.698. The summed E-state index contributed by atoms with van der Waals surface area (Å²) in [6, 6.07) is 26.8. The Hall–Kier alpha value is -4.67. The second kappa shape index (κ2) is 12.1. The molecule has 4 N–H and O–H groups in total. The molecule has 0 bridgehead atoms. The number of benzene rings is 4. The third kappa shape index (κ3) is 6.46. The summed E-state index contributed by atoms with van der Waals surface area (Å²) in [7, 11) is 1.64. The summed E-state index contributed by atoms with van der Waals surface area (Å²) in [6.45, 7) is 1.04. The fraction of sp³-hybridized carbons (Fsp3) is 0.235. The van der Waals surface area contributed by atoms with Gasteiger partial charge in [0.15, 0.2) is 5.69 Å². The van der Waals surface area contributed by atoms with Crippen LogP contribution in [0.5, 0.6) is 5.75 Å². The zero-order chi connectivity index (χ0) is 30.8. The number of carbonyl (C=O) groups excluding carboxylic acids is 1. The largest absolute Gasteiger partial charge is 0.497 e. The minimum atomic E-state index is -4.73. The molecule has 6 rings (SSSR count). The molecular weight excluding hydrogens is 567 g/mol. The van der Waals surface area contributed by atoms with E-state index in [2.05, 4.69) is 33.9 Å². The molecule has 0 saturated heterocycles. The van der Waals surface area contributed by atoms with Crippen LogP contribution in [0.4, 0.5) is 18.9 Å². The Morgan fingerprint density at radius 1 is 0.977 bits per heavy atom. The van der Waals surface area contributed by atoms with Gasteiger partial charge in [-0.2, -0.15) is 18.3 Å². The number of nitrogens with zero attached hydrogens (tertiary/aromatic N) is 2. The quantitative estimate of drug-likeness (QED) is 0.163. The molecule has 1 amide bonds. The SMILES string of the molecule is COc1ccc2cc(C(NCC3CC3)c3cccc(NC(=O)c4cc(C(F)(F)F)nn4-c4cccc(CN)c4)c3)ccc2c1. The lowest BCUT2D eigenvalue weighted by atomic mass is 9.95. The molecule has 1 atom stereocenters. The first-order chi connectivity index (χ1) is 21.2. The van der Waals surface area contributed by atoms with E-state index in [1.165, 1.54) is 12.8 Å². The maximum atomic E-state index is 13.7. The third-order valence-electron chi connectivity index (χ3n) is 7.81. The summed E-state index contributed by atoms with van der Waals surface area (Å²) >= 11 is 0. The number of nitrogens with one attached hydrogen (secondary N) is 2. The van der Waals surface area contributed by atoms with Crippen molar-refractivity contribution in [1.82, 2.24) is 15.1 Å². The van der Waals surface area contributed by atoms with E-state index in [9.17, 15) is 18.0 Å². The molecule has 1 aromatic heterocycles. The highest BCUT2D eigenvalue weighted by Crippen LogP contribution is 2.33. The zero-order valence-electron chi connectivity index (χ0n) is 24.1. The highest BCUT2D eigenvalue weighted by molar-refractivity contribution is 6.03. The van der Waals surface area contributed by atoms with Gasteiger partial charge in [-0.15, -0.1) is 0 Å². The number of aromatic nitrogens is 2. The van der Waals surface area contributed by atoms with Crippen LogP contribution in [0.25, 0.3) is 16.5 Å². The predicted octanol–water partition coefficient (Wildman–Crippen LogP) is 6.85. The van der Waals surface area contributed by atoms with Crippen molar-refractivity contribution < 1.29 is 22.7 Å². The Morgan fingerprint density at radius 3 is 2.48 bits per heavy atom. The van der Waals surface area contributed by atoms with Crippen LogP contribution in [0.3, 0.4) is 0 Å². The van der Waals surface area contributed by atoms with Crippen molar-refractivity contribution in [3.05, 3.63) is 119 Å². The molecule has 5 aromatic rings. The molecule has 4 aromatic carbocycles. The normalized spacial score (nSPS) is 14.0. The van der Waals surface area contributed by atoms with E-state index in [-0.39, 0.29) is 18.3 Å². The maximum absolute atomic E-state index is 13.7. The van der Waals surface area contributed by atoms with E-state index < -0.39 is 17.8 Å². The number of fused-ring (bicyclic) bond motifs is 1. The lowest BCUT2D eigenvalue weighted by Crippen LogP contribution is -2.25. The number of carbonyl (C=O) groups is 1. The fourth-order valence-electron chi connectivity index (χ4n) is 5.27. The van der Waals surface area contributed by atoms with Gasteiger partial charge in [0, 0.05) is 18.3 Å². The van der Waals surface area contributed by atoms with Gasteiger partial charge in [0.25, 0.3) is 5.91 Å². The molecular formula is C34H32F3N5O2. The van der Waals surface area contributed by atoms with Crippen LogP contribution in [-0.4, -0.2) is 29.3 Å². The Labute approximate surface area is 252 Å². The lowest BCUT2D eigenvalue weighted by molar-refractivity contribution is -0.141. The van der Waals surface area contributed by atoms with Crippen LogP contribution in [0.15, 0.2) is 91.0 Å². The molecule has 226 valence electrons. The number of anilines is 1. The number of halogens is 3. The Morgan fingerprint density at radius 2 is 1.73 bits per heavy atom. The van der Waals surface area contributed by atoms with Crippen molar-refractivity contribution in [3.8, 4) is 11.4 Å². The average Bonchev–Trinajstić information content (AvgIpc) is 3.74. The molecule has 1 fully saturated rings. The molecule has 0 radical (unpaired) electrons. The molecule has 1 aliphatic carbocycles. The van der Waals surface area contributed by atoms with Crippen LogP contribution < -0.4 is 21.1 Å². The van der Waals surface area contributed by atoms with E-state index in [0.717, 1.165) is 44.9 Å². The summed E-state index contributed by atoms with van der Waals surface area (Å²) in [5.41, 5.74) is 7.75. The number of methoxy groups -OCH3 is 1. The fourth-order valence-corrected chi connectivity index (χ4v) is 5.27. The number of ether oxygens (including phenoxy) is 1.